The van der Waals surface area contributed by atoms with Gasteiger partial charge in [-0.25, -0.2) is 4.39 Å². The van der Waals surface area contributed by atoms with Crippen molar-refractivity contribution in [1.82, 2.24) is 10.2 Å². The van der Waals surface area contributed by atoms with E-state index in [1.807, 2.05) is 0 Å². The molecular formula is C19H17FN4O4S2. The van der Waals surface area contributed by atoms with Crippen molar-refractivity contribution in [3.05, 3.63) is 53.8 Å². The number of thioether (sulfide) groups is 1. The third-order valence-corrected chi connectivity index (χ3v) is 5.70. The monoisotopic (exact) mass is 448 g/mol. The number of hydrogen-bond acceptors (Lipinski definition) is 8. The van der Waals surface area contributed by atoms with E-state index in [-0.39, 0.29) is 16.8 Å². The van der Waals surface area contributed by atoms with Crippen LogP contribution in [0.4, 0.5) is 15.2 Å². The Labute approximate surface area is 179 Å². The van der Waals surface area contributed by atoms with Crippen molar-refractivity contribution in [3.8, 4) is 11.5 Å². The van der Waals surface area contributed by atoms with Crippen molar-refractivity contribution in [3.63, 3.8) is 0 Å². The van der Waals surface area contributed by atoms with Gasteiger partial charge in [0, 0.05) is 17.3 Å². The second-order valence-electron chi connectivity index (χ2n) is 5.74. The molecule has 2 amide bonds. The summed E-state index contributed by atoms with van der Waals surface area (Å²) in [6.07, 6.45) is 0. The maximum Gasteiger partial charge on any atom is 0.257 e. The first kappa shape index (κ1) is 21.5. The number of anilines is 2. The first-order chi connectivity index (χ1) is 14.5. The highest BCUT2D eigenvalue weighted by molar-refractivity contribution is 8.01. The van der Waals surface area contributed by atoms with E-state index < -0.39 is 11.7 Å². The third-order valence-electron chi connectivity index (χ3n) is 3.73. The van der Waals surface area contributed by atoms with E-state index in [0.29, 0.717) is 27.1 Å². The Morgan fingerprint density at radius 1 is 1.03 bits per heavy atom. The van der Waals surface area contributed by atoms with Crippen LogP contribution in [0.15, 0.2) is 46.8 Å². The summed E-state index contributed by atoms with van der Waals surface area (Å²) in [5, 5.41) is 13.5. The predicted octanol–water partition coefficient (Wildman–Crippen LogP) is 3.68. The van der Waals surface area contributed by atoms with Gasteiger partial charge in [-0.1, -0.05) is 23.1 Å². The topological polar surface area (TPSA) is 102 Å². The molecule has 0 spiro atoms. The van der Waals surface area contributed by atoms with Crippen molar-refractivity contribution in [2.45, 2.75) is 4.34 Å². The molecule has 3 aromatic rings. The molecule has 0 aliphatic rings. The maximum atomic E-state index is 12.9. The van der Waals surface area contributed by atoms with Gasteiger partial charge in [-0.3, -0.25) is 14.9 Å². The molecule has 1 aromatic heterocycles. The van der Waals surface area contributed by atoms with Gasteiger partial charge < -0.3 is 14.8 Å². The minimum absolute atomic E-state index is 0.106. The fourth-order valence-corrected chi connectivity index (χ4v) is 3.87. The molecule has 0 aliphatic heterocycles. The number of ether oxygens (including phenoxy) is 2. The van der Waals surface area contributed by atoms with E-state index >= 15 is 0 Å². The number of benzene rings is 2. The van der Waals surface area contributed by atoms with E-state index in [9.17, 15) is 14.0 Å². The summed E-state index contributed by atoms with van der Waals surface area (Å²) in [5.74, 6) is 0.0952. The van der Waals surface area contributed by atoms with Gasteiger partial charge in [0.05, 0.1) is 20.0 Å². The molecule has 0 aliphatic carbocycles. The molecule has 3 rings (SSSR count). The minimum Gasteiger partial charge on any atom is -0.493 e. The number of amides is 2. The molecule has 156 valence electrons. The Bertz CT molecular complexity index is 1040. The number of nitrogens with one attached hydrogen (secondary N) is 2. The fraction of sp³-hybridized carbons (Fsp3) is 0.158. The molecule has 2 aromatic carbocycles. The Hall–Kier alpha value is -3.18. The number of hydrogen-bond donors (Lipinski definition) is 2. The normalized spacial score (nSPS) is 10.4. The number of halogens is 1. The molecule has 0 saturated heterocycles. The van der Waals surface area contributed by atoms with Crippen LogP contribution in [0.1, 0.15) is 10.4 Å². The van der Waals surface area contributed by atoms with Crippen molar-refractivity contribution >= 4 is 45.7 Å². The zero-order chi connectivity index (χ0) is 21.5. The lowest BCUT2D eigenvalue weighted by molar-refractivity contribution is -0.113. The molecule has 8 nitrogen and oxygen atoms in total. The second-order valence-corrected chi connectivity index (χ2v) is 7.94. The lowest BCUT2D eigenvalue weighted by Gasteiger charge is -2.10. The molecule has 0 bridgehead atoms. The van der Waals surface area contributed by atoms with Crippen molar-refractivity contribution in [1.29, 1.82) is 0 Å². The number of aromatic nitrogens is 2. The van der Waals surface area contributed by atoms with Crippen LogP contribution >= 0.6 is 23.1 Å². The van der Waals surface area contributed by atoms with Crippen LogP contribution < -0.4 is 20.1 Å². The molecule has 30 heavy (non-hydrogen) atoms. The van der Waals surface area contributed by atoms with Crippen LogP contribution in [-0.2, 0) is 4.79 Å². The maximum absolute atomic E-state index is 12.9. The van der Waals surface area contributed by atoms with E-state index in [2.05, 4.69) is 20.8 Å². The summed E-state index contributed by atoms with van der Waals surface area (Å²) in [7, 11) is 3.05. The molecule has 0 atom stereocenters. The fourth-order valence-electron chi connectivity index (χ4n) is 2.33. The molecule has 0 saturated carbocycles. The van der Waals surface area contributed by atoms with Gasteiger partial charge in [-0.05, 0) is 36.4 Å². The summed E-state index contributed by atoms with van der Waals surface area (Å²) in [5.41, 5.74) is 0.873. The lowest BCUT2D eigenvalue weighted by atomic mass is 10.2. The molecule has 0 fully saturated rings. The highest BCUT2D eigenvalue weighted by Gasteiger charge is 2.13. The van der Waals surface area contributed by atoms with Gasteiger partial charge in [0.25, 0.3) is 5.91 Å². The van der Waals surface area contributed by atoms with E-state index in [4.69, 9.17) is 9.47 Å². The molecule has 11 heteroatoms. The highest BCUT2D eigenvalue weighted by Crippen LogP contribution is 2.30. The summed E-state index contributed by atoms with van der Waals surface area (Å²) in [6, 6.07) is 10.2. The number of methoxy groups -OCH3 is 2. The summed E-state index contributed by atoms with van der Waals surface area (Å²) >= 11 is 2.32. The smallest absolute Gasteiger partial charge is 0.257 e. The number of nitrogens with zero attached hydrogens (tertiary/aromatic N) is 2. The zero-order valence-corrected chi connectivity index (χ0v) is 17.6. The van der Waals surface area contributed by atoms with Crippen LogP contribution in [0, 0.1) is 5.82 Å². The SMILES string of the molecule is COc1ccc(NC(=O)CSc2nnc(NC(=O)c3ccc(F)cc3)s2)cc1OC. The second kappa shape index (κ2) is 10.0. The Morgan fingerprint density at radius 3 is 2.47 bits per heavy atom. The Balaban J connectivity index is 1.52. The summed E-state index contributed by atoms with van der Waals surface area (Å²) < 4.78 is 23.8. The van der Waals surface area contributed by atoms with Gasteiger partial charge in [-0.2, -0.15) is 0 Å². The molecular weight excluding hydrogens is 431 g/mol. The van der Waals surface area contributed by atoms with E-state index in [0.717, 1.165) is 11.3 Å². The summed E-state index contributed by atoms with van der Waals surface area (Å²) in [4.78, 5) is 24.3. The van der Waals surface area contributed by atoms with Crippen molar-refractivity contribution in [2.24, 2.45) is 0 Å². The highest BCUT2D eigenvalue weighted by atomic mass is 32.2. The number of carbonyl (C=O) groups excluding carboxylic acids is 2. The quantitative estimate of drug-likeness (QED) is 0.400. The van der Waals surface area contributed by atoms with Crippen LogP contribution in [0.2, 0.25) is 0 Å². The van der Waals surface area contributed by atoms with Crippen molar-refractivity contribution in [2.75, 3.05) is 30.6 Å². The standard InChI is InChI=1S/C19H17FN4O4S2/c1-27-14-8-7-13(9-15(14)28-2)21-16(25)10-29-19-24-23-18(30-19)22-17(26)11-3-5-12(20)6-4-11/h3-9H,10H2,1-2H3,(H,21,25)(H,22,23,26). The van der Waals surface area contributed by atoms with Gasteiger partial charge >= 0.3 is 0 Å². The molecule has 0 unspecified atom stereocenters. The van der Waals surface area contributed by atoms with Gasteiger partial charge in [0.15, 0.2) is 15.8 Å². The predicted molar refractivity (Wildman–Crippen MR) is 113 cm³/mol. The van der Waals surface area contributed by atoms with Crippen LogP contribution in [-0.4, -0.2) is 42.0 Å². The van der Waals surface area contributed by atoms with Crippen LogP contribution in [0.25, 0.3) is 0 Å². The average Bonchev–Trinajstić information content (AvgIpc) is 3.20. The Kier molecular flexibility index (Phi) is 7.20. The largest absolute Gasteiger partial charge is 0.493 e. The Morgan fingerprint density at radius 2 is 1.77 bits per heavy atom. The first-order valence-electron chi connectivity index (χ1n) is 8.53. The average molecular weight is 449 g/mol. The van der Waals surface area contributed by atoms with Gasteiger partial charge in [-0.15, -0.1) is 10.2 Å². The number of rotatable bonds is 8. The minimum atomic E-state index is -0.424. The van der Waals surface area contributed by atoms with Crippen molar-refractivity contribution < 1.29 is 23.5 Å². The zero-order valence-electron chi connectivity index (χ0n) is 16.0. The lowest BCUT2D eigenvalue weighted by Crippen LogP contribution is -2.14. The summed E-state index contributed by atoms with van der Waals surface area (Å²) in [6.45, 7) is 0. The molecule has 1 heterocycles. The first-order valence-corrected chi connectivity index (χ1v) is 10.3. The number of carbonyl (C=O) groups is 2. The van der Waals surface area contributed by atoms with E-state index in [1.54, 1.807) is 18.2 Å². The van der Waals surface area contributed by atoms with Crippen LogP contribution in [0.3, 0.4) is 0 Å². The van der Waals surface area contributed by atoms with Gasteiger partial charge in [0.1, 0.15) is 5.82 Å². The van der Waals surface area contributed by atoms with Gasteiger partial charge in [0.2, 0.25) is 11.0 Å². The molecule has 0 radical (unpaired) electrons. The third kappa shape index (κ3) is 5.67. The van der Waals surface area contributed by atoms with E-state index in [1.165, 1.54) is 50.2 Å². The van der Waals surface area contributed by atoms with Crippen LogP contribution in [0.5, 0.6) is 11.5 Å². The molecule has 2 N–H and O–H groups in total.